The van der Waals surface area contributed by atoms with Gasteiger partial charge in [0.05, 0.1) is 19.8 Å². The molecule has 0 fully saturated rings. The van der Waals surface area contributed by atoms with Gasteiger partial charge in [0.15, 0.2) is 0 Å². The lowest BCUT2D eigenvalue weighted by atomic mass is 9.82. The van der Waals surface area contributed by atoms with Crippen molar-refractivity contribution in [2.75, 3.05) is 31.3 Å². The summed E-state index contributed by atoms with van der Waals surface area (Å²) >= 11 is 0. The number of ether oxygens (including phenoxy) is 3. The monoisotopic (exact) mass is 506 g/mol. The first-order chi connectivity index (χ1) is 16.4. The minimum absolute atomic E-state index is 0.0293. The van der Waals surface area contributed by atoms with Crippen molar-refractivity contribution in [3.8, 4) is 0 Å². The highest BCUT2D eigenvalue weighted by atomic mass is 32.3. The SMILES string of the molecule is CCOC(=O)CS(O)(O)CC(C)(C)COCC(C)(C(=O)OCc1ccccc1)c1cccc(C)c1. The summed E-state index contributed by atoms with van der Waals surface area (Å²) < 4.78 is 37.3. The van der Waals surface area contributed by atoms with E-state index in [-0.39, 0.29) is 32.2 Å². The molecule has 0 bridgehead atoms. The van der Waals surface area contributed by atoms with E-state index in [2.05, 4.69) is 0 Å². The molecule has 0 aromatic heterocycles. The van der Waals surface area contributed by atoms with Gasteiger partial charge in [0.1, 0.15) is 17.8 Å². The summed E-state index contributed by atoms with van der Waals surface area (Å²) in [4.78, 5) is 25.0. The fourth-order valence-electron chi connectivity index (χ4n) is 3.77. The largest absolute Gasteiger partial charge is 0.465 e. The highest BCUT2D eigenvalue weighted by Gasteiger charge is 2.39. The van der Waals surface area contributed by atoms with Crippen LogP contribution in [0.4, 0.5) is 0 Å². The van der Waals surface area contributed by atoms with Gasteiger partial charge in [-0.2, -0.15) is 10.6 Å². The maximum absolute atomic E-state index is 13.3. The summed E-state index contributed by atoms with van der Waals surface area (Å²) in [5.41, 5.74) is 0.954. The molecule has 0 heterocycles. The fraction of sp³-hybridized carbons (Fsp3) is 0.481. The van der Waals surface area contributed by atoms with Crippen molar-refractivity contribution in [1.29, 1.82) is 0 Å². The molecule has 1 unspecified atom stereocenters. The van der Waals surface area contributed by atoms with Gasteiger partial charge in [0.2, 0.25) is 0 Å². The summed E-state index contributed by atoms with van der Waals surface area (Å²) in [5, 5.41) is 0. The van der Waals surface area contributed by atoms with Crippen molar-refractivity contribution in [2.45, 2.75) is 46.6 Å². The molecule has 194 valence electrons. The molecule has 0 saturated heterocycles. The van der Waals surface area contributed by atoms with Crippen LogP contribution in [0.25, 0.3) is 0 Å². The standard InChI is InChI=1S/C27H38O7S/c1-6-33-24(28)17-35(30,31)20-26(3,4)18-32-19-27(5,23-14-10-11-21(2)15-23)25(29)34-16-22-12-8-7-9-13-22/h7-15,30-31H,6,16-20H2,1-5H3. The average molecular weight is 507 g/mol. The molecule has 0 aliphatic carbocycles. The first kappa shape index (κ1) is 28.8. The molecule has 2 N–H and O–H groups in total. The van der Waals surface area contributed by atoms with E-state index in [1.807, 2.05) is 75.4 Å². The molecule has 0 radical (unpaired) electrons. The predicted octanol–water partition coefficient (Wildman–Crippen LogP) is 5.35. The van der Waals surface area contributed by atoms with E-state index in [9.17, 15) is 18.7 Å². The molecule has 0 amide bonds. The number of aryl methyl sites for hydroxylation is 1. The number of hydrogen-bond donors (Lipinski definition) is 2. The smallest absolute Gasteiger partial charge is 0.325 e. The van der Waals surface area contributed by atoms with Crippen LogP contribution in [0.1, 0.15) is 44.4 Å². The van der Waals surface area contributed by atoms with Crippen molar-refractivity contribution >= 4 is 22.5 Å². The number of hydrogen-bond acceptors (Lipinski definition) is 7. The molecule has 0 saturated carbocycles. The van der Waals surface area contributed by atoms with Gasteiger partial charge in [-0.3, -0.25) is 18.7 Å². The second kappa shape index (κ2) is 12.5. The first-order valence-electron chi connectivity index (χ1n) is 11.6. The Hall–Kier alpha value is -2.39. The van der Waals surface area contributed by atoms with Crippen LogP contribution >= 0.6 is 10.6 Å². The highest BCUT2D eigenvalue weighted by Crippen LogP contribution is 2.44. The van der Waals surface area contributed by atoms with Crippen LogP contribution in [0.5, 0.6) is 0 Å². The normalized spacial score (nSPS) is 14.1. The van der Waals surface area contributed by atoms with Gasteiger partial charge >= 0.3 is 11.9 Å². The second-order valence-corrected chi connectivity index (χ2v) is 12.0. The van der Waals surface area contributed by atoms with Gasteiger partial charge in [0, 0.05) is 11.2 Å². The van der Waals surface area contributed by atoms with Crippen molar-refractivity contribution in [1.82, 2.24) is 0 Å². The molecule has 1 atom stereocenters. The zero-order valence-corrected chi connectivity index (χ0v) is 22.1. The lowest BCUT2D eigenvalue weighted by Gasteiger charge is -2.39. The fourth-order valence-corrected chi connectivity index (χ4v) is 5.67. The summed E-state index contributed by atoms with van der Waals surface area (Å²) in [5.74, 6) is -1.52. The molecular formula is C27H38O7S. The van der Waals surface area contributed by atoms with Gasteiger partial charge in [0.25, 0.3) is 0 Å². The molecule has 2 aromatic rings. The van der Waals surface area contributed by atoms with E-state index in [4.69, 9.17) is 14.2 Å². The van der Waals surface area contributed by atoms with E-state index in [1.54, 1.807) is 13.8 Å². The highest BCUT2D eigenvalue weighted by molar-refractivity contribution is 8.24. The number of carbonyl (C=O) groups is 2. The van der Waals surface area contributed by atoms with E-state index >= 15 is 0 Å². The third-order valence-corrected chi connectivity index (χ3v) is 7.42. The van der Waals surface area contributed by atoms with E-state index < -0.39 is 39.1 Å². The summed E-state index contributed by atoms with van der Waals surface area (Å²) in [6, 6.07) is 17.1. The quantitative estimate of drug-likeness (QED) is 0.353. The maximum atomic E-state index is 13.3. The predicted molar refractivity (Wildman–Crippen MR) is 139 cm³/mol. The number of benzene rings is 2. The van der Waals surface area contributed by atoms with Gasteiger partial charge in [-0.15, -0.1) is 0 Å². The minimum Gasteiger partial charge on any atom is -0.465 e. The Kier molecular flexibility index (Phi) is 10.3. The minimum atomic E-state index is -3.19. The van der Waals surface area contributed by atoms with Crippen molar-refractivity contribution in [3.05, 3.63) is 71.3 Å². The van der Waals surface area contributed by atoms with Crippen LogP contribution in [0.2, 0.25) is 0 Å². The Labute approximate surface area is 210 Å². The van der Waals surface area contributed by atoms with Crippen LogP contribution in [0.15, 0.2) is 54.6 Å². The molecular weight excluding hydrogens is 468 g/mol. The molecule has 2 aromatic carbocycles. The third-order valence-electron chi connectivity index (χ3n) is 5.48. The summed E-state index contributed by atoms with van der Waals surface area (Å²) in [7, 11) is -3.19. The second-order valence-electron chi connectivity index (χ2n) is 9.82. The molecule has 8 heteroatoms. The molecule has 7 nitrogen and oxygen atoms in total. The average Bonchev–Trinajstić information content (AvgIpc) is 2.76. The van der Waals surface area contributed by atoms with E-state index in [0.717, 1.165) is 16.7 Å². The van der Waals surface area contributed by atoms with Crippen LogP contribution in [-0.4, -0.2) is 52.4 Å². The Bertz CT molecular complexity index is 975. The van der Waals surface area contributed by atoms with Gasteiger partial charge < -0.3 is 14.2 Å². The third kappa shape index (κ3) is 9.29. The van der Waals surface area contributed by atoms with Crippen molar-refractivity contribution < 1.29 is 32.9 Å². The number of rotatable bonds is 13. The van der Waals surface area contributed by atoms with Crippen molar-refractivity contribution in [2.24, 2.45) is 5.41 Å². The molecule has 0 spiro atoms. The number of esters is 2. The van der Waals surface area contributed by atoms with Gasteiger partial charge in [-0.05, 0) is 31.9 Å². The summed E-state index contributed by atoms with van der Waals surface area (Å²) in [6.45, 7) is 9.59. The summed E-state index contributed by atoms with van der Waals surface area (Å²) in [6.07, 6.45) is 0. The Morgan fingerprint density at radius 1 is 0.943 bits per heavy atom. The first-order valence-corrected chi connectivity index (χ1v) is 13.5. The van der Waals surface area contributed by atoms with Crippen LogP contribution in [0.3, 0.4) is 0 Å². The lowest BCUT2D eigenvalue weighted by Crippen LogP contribution is -2.40. The lowest BCUT2D eigenvalue weighted by molar-refractivity contribution is -0.154. The topological polar surface area (TPSA) is 102 Å². The Morgan fingerprint density at radius 2 is 1.63 bits per heavy atom. The molecule has 35 heavy (non-hydrogen) atoms. The van der Waals surface area contributed by atoms with Crippen LogP contribution in [-0.2, 0) is 35.8 Å². The van der Waals surface area contributed by atoms with Crippen molar-refractivity contribution in [3.63, 3.8) is 0 Å². The maximum Gasteiger partial charge on any atom is 0.325 e. The zero-order valence-electron chi connectivity index (χ0n) is 21.3. The van der Waals surface area contributed by atoms with Gasteiger partial charge in [-0.25, -0.2) is 0 Å². The zero-order chi connectivity index (χ0) is 26.1. The molecule has 2 rings (SSSR count). The van der Waals surface area contributed by atoms with Gasteiger partial charge in [-0.1, -0.05) is 74.0 Å². The number of carbonyl (C=O) groups excluding carboxylic acids is 2. The Morgan fingerprint density at radius 3 is 2.26 bits per heavy atom. The van der Waals surface area contributed by atoms with Crippen LogP contribution in [0, 0.1) is 12.3 Å². The van der Waals surface area contributed by atoms with E-state index in [1.165, 1.54) is 0 Å². The molecule has 0 aliphatic heterocycles. The van der Waals surface area contributed by atoms with Crippen LogP contribution < -0.4 is 0 Å². The van der Waals surface area contributed by atoms with E-state index in [0.29, 0.717) is 0 Å². The molecule has 0 aliphatic rings. The Balaban J connectivity index is 2.09.